The summed E-state index contributed by atoms with van der Waals surface area (Å²) >= 11 is 5.80. The van der Waals surface area contributed by atoms with E-state index in [4.69, 9.17) is 21.4 Å². The molecule has 118 valence electrons. The molecule has 0 bridgehead atoms. The number of nitrogens with one attached hydrogen (secondary N) is 1. The summed E-state index contributed by atoms with van der Waals surface area (Å²) in [6.07, 6.45) is 1.41. The summed E-state index contributed by atoms with van der Waals surface area (Å²) in [5.74, 6) is -0.941. The number of rotatable bonds is 6. The number of hydrazone groups is 1. The van der Waals surface area contributed by atoms with Gasteiger partial charge in [-0.3, -0.25) is 4.79 Å². The molecule has 0 aliphatic rings. The molecule has 0 unspecified atom stereocenters. The second kappa shape index (κ2) is 7.95. The van der Waals surface area contributed by atoms with Gasteiger partial charge in [-0.15, -0.1) is 0 Å². The van der Waals surface area contributed by atoms with Crippen molar-refractivity contribution >= 4 is 29.7 Å². The van der Waals surface area contributed by atoms with E-state index in [1.54, 1.807) is 36.4 Å². The summed E-state index contributed by atoms with van der Waals surface area (Å²) in [6.45, 7) is -0.199. The molecule has 6 nitrogen and oxygen atoms in total. The zero-order chi connectivity index (χ0) is 16.7. The van der Waals surface area contributed by atoms with Crippen LogP contribution in [0, 0.1) is 0 Å². The molecule has 0 aliphatic heterocycles. The lowest BCUT2D eigenvalue weighted by Gasteiger charge is -2.04. The first kappa shape index (κ1) is 16.5. The maximum absolute atomic E-state index is 11.6. The molecule has 2 N–H and O–H groups in total. The van der Waals surface area contributed by atoms with Crippen LogP contribution in [-0.2, 0) is 4.79 Å². The molecule has 7 heteroatoms. The Hall–Kier alpha value is -2.86. The molecule has 23 heavy (non-hydrogen) atoms. The fraction of sp³-hybridized carbons (Fsp3) is 0.0625. The number of hydrogen-bond donors (Lipinski definition) is 2. The smallest absolute Gasteiger partial charge is 0.335 e. The van der Waals surface area contributed by atoms with Crippen LogP contribution >= 0.6 is 11.6 Å². The molecular formula is C16H13ClN2O4. The first-order valence-corrected chi connectivity index (χ1v) is 6.96. The molecule has 0 atom stereocenters. The van der Waals surface area contributed by atoms with Gasteiger partial charge in [0.25, 0.3) is 5.91 Å². The number of benzene rings is 2. The molecule has 2 rings (SSSR count). The van der Waals surface area contributed by atoms with Crippen molar-refractivity contribution in [2.45, 2.75) is 0 Å². The predicted octanol–water partition coefficient (Wildman–Crippen LogP) is 2.57. The van der Waals surface area contributed by atoms with E-state index < -0.39 is 11.9 Å². The number of carboxylic acids is 1. The minimum absolute atomic E-state index is 0.182. The monoisotopic (exact) mass is 332 g/mol. The van der Waals surface area contributed by atoms with E-state index in [1.807, 2.05) is 0 Å². The lowest BCUT2D eigenvalue weighted by Crippen LogP contribution is -2.24. The van der Waals surface area contributed by atoms with Gasteiger partial charge < -0.3 is 9.84 Å². The topological polar surface area (TPSA) is 88.0 Å². The van der Waals surface area contributed by atoms with Gasteiger partial charge in [0.2, 0.25) is 0 Å². The van der Waals surface area contributed by atoms with Gasteiger partial charge in [-0.25, -0.2) is 10.2 Å². The second-order valence-electron chi connectivity index (χ2n) is 4.47. The average molecular weight is 333 g/mol. The van der Waals surface area contributed by atoms with E-state index in [0.29, 0.717) is 16.3 Å². The molecule has 2 aromatic carbocycles. The number of nitrogens with zero attached hydrogens (tertiary/aromatic N) is 1. The molecule has 0 aliphatic carbocycles. The van der Waals surface area contributed by atoms with E-state index in [9.17, 15) is 9.59 Å². The van der Waals surface area contributed by atoms with Crippen molar-refractivity contribution in [3.05, 3.63) is 64.7 Å². The summed E-state index contributed by atoms with van der Waals surface area (Å²) in [5, 5.41) is 13.1. The van der Waals surface area contributed by atoms with Crippen LogP contribution in [0.25, 0.3) is 0 Å². The molecule has 0 heterocycles. The highest BCUT2D eigenvalue weighted by Crippen LogP contribution is 2.16. The fourth-order valence-electron chi connectivity index (χ4n) is 1.63. The van der Waals surface area contributed by atoms with Crippen molar-refractivity contribution in [2.75, 3.05) is 6.61 Å². The van der Waals surface area contributed by atoms with E-state index in [1.165, 1.54) is 18.3 Å². The van der Waals surface area contributed by atoms with Gasteiger partial charge in [-0.1, -0.05) is 29.8 Å². The zero-order valence-electron chi connectivity index (χ0n) is 11.9. The Labute approximate surface area is 137 Å². The number of hydrogen-bond acceptors (Lipinski definition) is 4. The highest BCUT2D eigenvalue weighted by Gasteiger charge is 2.02. The van der Waals surface area contributed by atoms with Gasteiger partial charge in [-0.05, 0) is 35.9 Å². The summed E-state index contributed by atoms with van der Waals surface area (Å²) in [7, 11) is 0. The third-order valence-corrected chi connectivity index (χ3v) is 2.96. The van der Waals surface area contributed by atoms with Crippen LogP contribution in [0.3, 0.4) is 0 Å². The minimum Gasteiger partial charge on any atom is -0.484 e. The number of carbonyl (C=O) groups excluding carboxylic acids is 1. The number of ether oxygens (including phenoxy) is 1. The van der Waals surface area contributed by atoms with Crippen molar-refractivity contribution < 1.29 is 19.4 Å². The zero-order valence-corrected chi connectivity index (χ0v) is 12.7. The standard InChI is InChI=1S/C16H13ClN2O4/c17-13-2-1-3-14(8-13)23-10-15(20)19-18-9-11-4-6-12(7-5-11)16(21)22/h1-9H,10H2,(H,19,20)(H,21,22)/b18-9-. The highest BCUT2D eigenvalue weighted by atomic mass is 35.5. The molecule has 0 saturated heterocycles. The van der Waals surface area contributed by atoms with Crippen LogP contribution in [0.15, 0.2) is 53.6 Å². The molecule has 0 radical (unpaired) electrons. The van der Waals surface area contributed by atoms with Crippen molar-refractivity contribution in [2.24, 2.45) is 5.10 Å². The third-order valence-electron chi connectivity index (χ3n) is 2.73. The summed E-state index contributed by atoms with van der Waals surface area (Å²) in [5.41, 5.74) is 3.15. The Bertz CT molecular complexity index is 729. The van der Waals surface area contributed by atoms with Crippen LogP contribution in [0.5, 0.6) is 5.75 Å². The molecule has 0 spiro atoms. The number of aromatic carboxylic acids is 1. The highest BCUT2D eigenvalue weighted by molar-refractivity contribution is 6.30. The summed E-state index contributed by atoms with van der Waals surface area (Å²) < 4.78 is 5.26. The number of carboxylic acid groups (broad SMARTS) is 1. The first-order chi connectivity index (χ1) is 11.0. The summed E-state index contributed by atoms with van der Waals surface area (Å²) in [4.78, 5) is 22.3. The van der Waals surface area contributed by atoms with Gasteiger partial charge in [0, 0.05) is 5.02 Å². The van der Waals surface area contributed by atoms with Gasteiger partial charge >= 0.3 is 5.97 Å². The Morgan fingerprint density at radius 2 is 1.96 bits per heavy atom. The molecule has 2 aromatic rings. The van der Waals surface area contributed by atoms with Crippen LogP contribution < -0.4 is 10.2 Å². The molecule has 0 fully saturated rings. The summed E-state index contributed by atoms with van der Waals surface area (Å²) in [6, 6.07) is 12.8. The molecule has 0 saturated carbocycles. The lowest BCUT2D eigenvalue weighted by atomic mass is 10.1. The van der Waals surface area contributed by atoms with E-state index in [0.717, 1.165) is 0 Å². The third kappa shape index (κ3) is 5.44. The van der Waals surface area contributed by atoms with Gasteiger partial charge in [0.1, 0.15) is 5.75 Å². The van der Waals surface area contributed by atoms with Crippen molar-refractivity contribution in [3.8, 4) is 5.75 Å². The Balaban J connectivity index is 1.80. The fourth-order valence-corrected chi connectivity index (χ4v) is 1.81. The normalized spacial score (nSPS) is 10.5. The quantitative estimate of drug-likeness (QED) is 0.628. The Kier molecular flexibility index (Phi) is 5.71. The number of amides is 1. The molecular weight excluding hydrogens is 320 g/mol. The molecule has 1 amide bonds. The maximum Gasteiger partial charge on any atom is 0.335 e. The van der Waals surface area contributed by atoms with E-state index >= 15 is 0 Å². The average Bonchev–Trinajstić information content (AvgIpc) is 2.53. The van der Waals surface area contributed by atoms with Gasteiger partial charge in [0.15, 0.2) is 6.61 Å². The van der Waals surface area contributed by atoms with Gasteiger partial charge in [-0.2, -0.15) is 5.10 Å². The predicted molar refractivity (Wildman–Crippen MR) is 86.1 cm³/mol. The number of halogens is 1. The van der Waals surface area contributed by atoms with Crippen molar-refractivity contribution in [1.29, 1.82) is 0 Å². The minimum atomic E-state index is -1.00. The maximum atomic E-state index is 11.6. The second-order valence-corrected chi connectivity index (χ2v) is 4.90. The largest absolute Gasteiger partial charge is 0.484 e. The van der Waals surface area contributed by atoms with Crippen LogP contribution in [0.2, 0.25) is 5.02 Å². The van der Waals surface area contributed by atoms with Crippen molar-refractivity contribution in [1.82, 2.24) is 5.43 Å². The number of carbonyl (C=O) groups is 2. The Morgan fingerprint density at radius 3 is 2.61 bits per heavy atom. The SMILES string of the molecule is O=C(COc1cccc(Cl)c1)N/N=C\c1ccc(C(=O)O)cc1. The Morgan fingerprint density at radius 1 is 1.22 bits per heavy atom. The lowest BCUT2D eigenvalue weighted by molar-refractivity contribution is -0.123. The van der Waals surface area contributed by atoms with Gasteiger partial charge in [0.05, 0.1) is 11.8 Å². The van der Waals surface area contributed by atoms with E-state index in [2.05, 4.69) is 10.5 Å². The van der Waals surface area contributed by atoms with Crippen molar-refractivity contribution in [3.63, 3.8) is 0 Å². The first-order valence-electron chi connectivity index (χ1n) is 6.58. The van der Waals surface area contributed by atoms with E-state index in [-0.39, 0.29) is 12.2 Å². The van der Waals surface area contributed by atoms with Crippen LogP contribution in [-0.4, -0.2) is 29.8 Å². The van der Waals surface area contributed by atoms with Crippen LogP contribution in [0.1, 0.15) is 15.9 Å². The molecule has 0 aromatic heterocycles. The van der Waals surface area contributed by atoms with Crippen LogP contribution in [0.4, 0.5) is 0 Å².